The third-order valence-electron chi connectivity index (χ3n) is 1.78. The number of nitrogens with zero attached hydrogens (tertiary/aromatic N) is 2. The van der Waals surface area contributed by atoms with Crippen LogP contribution >= 0.6 is 11.9 Å². The van der Waals surface area contributed by atoms with E-state index >= 15 is 0 Å². The molecule has 2 rings (SSSR count). The van der Waals surface area contributed by atoms with E-state index in [-0.39, 0.29) is 0 Å². The number of hydrogen-bond donors (Lipinski definition) is 0. The van der Waals surface area contributed by atoms with Gasteiger partial charge in [0.05, 0.1) is 4.90 Å². The lowest BCUT2D eigenvalue weighted by atomic mass is 10.1. The molecule has 0 atom stereocenters. The van der Waals surface area contributed by atoms with Crippen LogP contribution in [0, 0.1) is 10.4 Å². The van der Waals surface area contributed by atoms with Gasteiger partial charge in [0.15, 0.2) is 0 Å². The van der Waals surface area contributed by atoms with Crippen LogP contribution in [0.2, 0.25) is 0 Å². The number of aromatic nitrogens is 1. The Morgan fingerprint density at radius 1 is 1.46 bits per heavy atom. The normalized spacial score (nSPS) is 19.2. The van der Waals surface area contributed by atoms with Crippen LogP contribution in [0.15, 0.2) is 29.6 Å². The number of fused-ring (bicyclic) bond motifs is 1. The zero-order chi connectivity index (χ0) is 9.47. The molecular formula is C8H7N2O2S-. The van der Waals surface area contributed by atoms with Gasteiger partial charge in [-0.1, -0.05) is 0 Å². The lowest BCUT2D eigenvalue weighted by molar-refractivity contribution is -0.618. The summed E-state index contributed by atoms with van der Waals surface area (Å²) in [5.41, 5.74) is 1.56. The standard InChI is InChI=1S/C8H7N2O2S/c1-6-5-10(11,12)13-8-2-3-9-4-7(6)8/h2-5H,1H3/q-1. The molecule has 2 heterocycles. The van der Waals surface area contributed by atoms with Crippen molar-refractivity contribution in [3.63, 3.8) is 0 Å². The smallest absolute Gasteiger partial charge is 0.118 e. The lowest BCUT2D eigenvalue weighted by Gasteiger charge is -2.42. The zero-order valence-corrected chi connectivity index (χ0v) is 7.75. The van der Waals surface area contributed by atoms with Gasteiger partial charge in [-0.05, 0) is 13.0 Å². The van der Waals surface area contributed by atoms with Crippen LogP contribution in [-0.2, 0) is 0 Å². The van der Waals surface area contributed by atoms with Crippen molar-refractivity contribution in [1.29, 1.82) is 0 Å². The Labute approximate surface area is 79.8 Å². The first-order chi connectivity index (χ1) is 6.08. The van der Waals surface area contributed by atoms with Gasteiger partial charge in [0.25, 0.3) is 0 Å². The maximum Gasteiger partial charge on any atom is 0.118 e. The minimum absolute atomic E-state index is 0.687. The molecule has 1 aliphatic heterocycles. The fourth-order valence-corrected chi connectivity index (χ4v) is 2.15. The molecule has 0 spiro atoms. The highest BCUT2D eigenvalue weighted by molar-refractivity contribution is 7.94. The van der Waals surface area contributed by atoms with Gasteiger partial charge in [0.1, 0.15) is 18.1 Å². The maximum atomic E-state index is 11.1. The van der Waals surface area contributed by atoms with Crippen molar-refractivity contribution in [3.05, 3.63) is 40.6 Å². The highest BCUT2D eigenvalue weighted by atomic mass is 32.2. The maximum absolute atomic E-state index is 11.1. The first kappa shape index (κ1) is 8.71. The summed E-state index contributed by atoms with van der Waals surface area (Å²) in [5.74, 6) is 0. The number of rotatable bonds is 0. The molecule has 1 aromatic rings. The van der Waals surface area contributed by atoms with Gasteiger partial charge in [0.2, 0.25) is 0 Å². The largest absolute Gasteiger partial charge is 0.614 e. The number of hydrogen-bond acceptors (Lipinski definition) is 4. The van der Waals surface area contributed by atoms with E-state index in [9.17, 15) is 10.4 Å². The predicted octanol–water partition coefficient (Wildman–Crippen LogP) is 2.28. The second kappa shape index (κ2) is 2.81. The monoisotopic (exact) mass is 195 g/mol. The Morgan fingerprint density at radius 3 is 3.00 bits per heavy atom. The van der Waals surface area contributed by atoms with E-state index in [0.717, 1.165) is 23.7 Å². The molecule has 0 aromatic carbocycles. The molecule has 0 bridgehead atoms. The van der Waals surface area contributed by atoms with Gasteiger partial charge in [-0.2, -0.15) is 0 Å². The van der Waals surface area contributed by atoms with Crippen molar-refractivity contribution in [1.82, 2.24) is 4.98 Å². The molecule has 4 nitrogen and oxygen atoms in total. The molecule has 13 heavy (non-hydrogen) atoms. The summed E-state index contributed by atoms with van der Waals surface area (Å²) in [7, 11) is 0. The summed E-state index contributed by atoms with van der Waals surface area (Å²) in [6.07, 6.45) is 4.37. The van der Waals surface area contributed by atoms with Crippen LogP contribution in [0.5, 0.6) is 0 Å². The molecule has 0 saturated carbocycles. The van der Waals surface area contributed by atoms with Crippen LogP contribution in [0.25, 0.3) is 5.57 Å². The van der Waals surface area contributed by atoms with Gasteiger partial charge in [-0.25, -0.2) is 0 Å². The van der Waals surface area contributed by atoms with Crippen molar-refractivity contribution < 1.29 is 4.21 Å². The van der Waals surface area contributed by atoms with Gasteiger partial charge >= 0.3 is 0 Å². The number of hydroxylamine groups is 2. The van der Waals surface area contributed by atoms with Crippen molar-refractivity contribution in [2.75, 3.05) is 0 Å². The first-order valence-electron chi connectivity index (χ1n) is 3.73. The summed E-state index contributed by atoms with van der Waals surface area (Å²) in [4.78, 5) is 4.63. The zero-order valence-electron chi connectivity index (χ0n) is 6.93. The van der Waals surface area contributed by atoms with E-state index in [1.165, 1.54) is 0 Å². The third kappa shape index (κ3) is 1.59. The van der Waals surface area contributed by atoms with E-state index in [1.54, 1.807) is 25.4 Å². The van der Waals surface area contributed by atoms with Gasteiger partial charge in [-0.15, -0.1) is 0 Å². The molecule has 0 fully saturated rings. The van der Waals surface area contributed by atoms with Crippen LogP contribution in [0.3, 0.4) is 0 Å². The second-order valence-corrected chi connectivity index (χ2v) is 3.95. The molecule has 0 radical (unpaired) electrons. The Balaban J connectivity index is 2.55. The number of quaternary nitrogens is 1. The molecule has 1 aromatic heterocycles. The van der Waals surface area contributed by atoms with Gasteiger partial charge in [0, 0.05) is 23.5 Å². The van der Waals surface area contributed by atoms with Gasteiger partial charge < -0.3 is 14.6 Å². The second-order valence-electron chi connectivity index (χ2n) is 2.82. The number of pyridine rings is 1. The van der Waals surface area contributed by atoms with E-state index < -0.39 is 4.21 Å². The Morgan fingerprint density at radius 2 is 2.23 bits per heavy atom. The molecule has 0 unspecified atom stereocenters. The average Bonchev–Trinajstić information content (AvgIpc) is 2.02. The summed E-state index contributed by atoms with van der Waals surface area (Å²) in [5, 5.41) is 22.3. The van der Waals surface area contributed by atoms with E-state index in [1.807, 2.05) is 0 Å². The quantitative estimate of drug-likeness (QED) is 0.362. The average molecular weight is 195 g/mol. The molecule has 0 saturated heterocycles. The van der Waals surface area contributed by atoms with Gasteiger partial charge in [-0.3, -0.25) is 4.98 Å². The topological polar surface area (TPSA) is 59.0 Å². The minimum atomic E-state index is -1.65. The molecule has 5 heteroatoms. The number of allylic oxidation sites excluding steroid dienone is 1. The fraction of sp³-hybridized carbons (Fsp3) is 0.125. The van der Waals surface area contributed by atoms with E-state index in [2.05, 4.69) is 4.98 Å². The third-order valence-corrected chi connectivity index (χ3v) is 2.70. The van der Waals surface area contributed by atoms with Crippen LogP contribution in [0.4, 0.5) is 0 Å². The van der Waals surface area contributed by atoms with Crippen LogP contribution < -0.4 is 0 Å². The summed E-state index contributed by atoms with van der Waals surface area (Å²) in [6, 6.07) is 1.68. The van der Waals surface area contributed by atoms with Crippen molar-refractivity contribution in [2.24, 2.45) is 0 Å². The molecule has 68 valence electrons. The summed E-state index contributed by atoms with van der Waals surface area (Å²) >= 11 is 0.728. The Bertz CT molecular complexity index is 376. The van der Waals surface area contributed by atoms with Crippen molar-refractivity contribution in [3.8, 4) is 0 Å². The van der Waals surface area contributed by atoms with E-state index in [4.69, 9.17) is 0 Å². The molecular weight excluding hydrogens is 188 g/mol. The molecule has 0 N–H and O–H groups in total. The first-order valence-corrected chi connectivity index (χ1v) is 4.50. The highest BCUT2D eigenvalue weighted by Gasteiger charge is 2.19. The lowest BCUT2D eigenvalue weighted by Crippen LogP contribution is -2.22. The molecule has 0 aliphatic carbocycles. The molecule has 0 amide bonds. The van der Waals surface area contributed by atoms with Crippen molar-refractivity contribution >= 4 is 17.5 Å². The SMILES string of the molecule is CC1=C[N+]([O-])([O-])Sc2ccncc21. The Hall–Kier alpha value is -0.880. The van der Waals surface area contributed by atoms with E-state index in [0.29, 0.717) is 10.5 Å². The van der Waals surface area contributed by atoms with Crippen LogP contribution in [0.1, 0.15) is 12.5 Å². The minimum Gasteiger partial charge on any atom is -0.614 e. The fourth-order valence-electron chi connectivity index (χ4n) is 1.23. The predicted molar refractivity (Wildman–Crippen MR) is 50.7 cm³/mol. The summed E-state index contributed by atoms with van der Waals surface area (Å²) < 4.78 is -1.65. The van der Waals surface area contributed by atoms with Crippen LogP contribution in [-0.4, -0.2) is 9.20 Å². The Kier molecular flexibility index (Phi) is 1.88. The summed E-state index contributed by atoms with van der Waals surface area (Å²) in [6.45, 7) is 1.74. The molecule has 1 aliphatic rings. The highest BCUT2D eigenvalue weighted by Crippen LogP contribution is 2.39. The van der Waals surface area contributed by atoms with Crippen molar-refractivity contribution in [2.45, 2.75) is 11.8 Å².